The number of fused-ring (bicyclic) bond motifs is 1. The van der Waals surface area contributed by atoms with Crippen LogP contribution in [0.1, 0.15) is 16.3 Å². The lowest BCUT2D eigenvalue weighted by molar-refractivity contribution is -0.121. The number of carbonyl (C=O) groups excluding carboxylic acids is 1. The van der Waals surface area contributed by atoms with E-state index in [9.17, 15) is 9.59 Å². The number of nitrogens with zero attached hydrogens (tertiary/aromatic N) is 3. The molecule has 0 bridgehead atoms. The third-order valence-corrected chi connectivity index (χ3v) is 6.49. The molecule has 0 aliphatic rings. The first kappa shape index (κ1) is 18.6. The molecular formula is C20H20N4O2S2. The first-order chi connectivity index (χ1) is 13.5. The van der Waals surface area contributed by atoms with Crippen LogP contribution in [-0.2, 0) is 24.9 Å². The molecule has 0 spiro atoms. The summed E-state index contributed by atoms with van der Waals surface area (Å²) in [7, 11) is 1.75. The van der Waals surface area contributed by atoms with Crippen LogP contribution < -0.4 is 11.0 Å². The Morgan fingerprint density at radius 2 is 1.96 bits per heavy atom. The Hall–Kier alpha value is -2.71. The molecule has 1 aromatic carbocycles. The second-order valence-electron chi connectivity index (χ2n) is 6.53. The number of benzene rings is 1. The largest absolute Gasteiger partial charge is 0.351 e. The van der Waals surface area contributed by atoms with Crippen LogP contribution in [0.5, 0.6) is 0 Å². The van der Waals surface area contributed by atoms with Crippen LogP contribution >= 0.6 is 22.7 Å². The zero-order valence-corrected chi connectivity index (χ0v) is 17.3. The molecule has 0 unspecified atom stereocenters. The van der Waals surface area contributed by atoms with Crippen LogP contribution in [0, 0.1) is 6.92 Å². The number of imidazole rings is 1. The Morgan fingerprint density at radius 3 is 2.71 bits per heavy atom. The summed E-state index contributed by atoms with van der Waals surface area (Å²) in [6.45, 7) is 2.83. The highest BCUT2D eigenvalue weighted by molar-refractivity contribution is 7.16. The molecule has 4 rings (SSSR count). The number of thiazole rings is 1. The second-order valence-corrected chi connectivity index (χ2v) is 8.76. The normalized spacial score (nSPS) is 11.2. The lowest BCUT2D eigenvalue weighted by Crippen LogP contribution is -2.27. The Morgan fingerprint density at radius 1 is 1.18 bits per heavy atom. The molecule has 28 heavy (non-hydrogen) atoms. The first-order valence-electron chi connectivity index (χ1n) is 8.95. The van der Waals surface area contributed by atoms with Gasteiger partial charge in [0.2, 0.25) is 5.91 Å². The summed E-state index contributed by atoms with van der Waals surface area (Å²) < 4.78 is 3.27. The zero-order chi connectivity index (χ0) is 19.7. The quantitative estimate of drug-likeness (QED) is 0.527. The van der Waals surface area contributed by atoms with Gasteiger partial charge >= 0.3 is 5.69 Å². The predicted molar refractivity (Wildman–Crippen MR) is 114 cm³/mol. The van der Waals surface area contributed by atoms with E-state index in [-0.39, 0.29) is 18.0 Å². The van der Waals surface area contributed by atoms with Crippen molar-refractivity contribution < 1.29 is 4.79 Å². The van der Waals surface area contributed by atoms with Crippen molar-refractivity contribution in [3.63, 3.8) is 0 Å². The highest BCUT2D eigenvalue weighted by Crippen LogP contribution is 2.28. The van der Waals surface area contributed by atoms with Crippen molar-refractivity contribution in [3.05, 3.63) is 62.1 Å². The van der Waals surface area contributed by atoms with E-state index >= 15 is 0 Å². The van der Waals surface area contributed by atoms with E-state index in [1.54, 1.807) is 38.9 Å². The minimum Gasteiger partial charge on any atom is -0.351 e. The van der Waals surface area contributed by atoms with Crippen LogP contribution in [0.25, 0.3) is 21.6 Å². The maximum atomic E-state index is 12.4. The lowest BCUT2D eigenvalue weighted by atomic mass is 10.3. The fraction of sp³-hybridized carbons (Fsp3) is 0.250. The molecule has 0 atom stereocenters. The highest BCUT2D eigenvalue weighted by Gasteiger charge is 2.12. The number of carbonyl (C=O) groups is 1. The first-order valence-corrected chi connectivity index (χ1v) is 10.6. The molecule has 0 aliphatic carbocycles. The minimum atomic E-state index is -0.101. The van der Waals surface area contributed by atoms with Crippen molar-refractivity contribution in [2.45, 2.75) is 26.4 Å². The molecule has 6 nitrogen and oxygen atoms in total. The Bertz CT molecular complexity index is 1200. The number of aryl methyl sites for hydroxylation is 3. The van der Waals surface area contributed by atoms with Crippen LogP contribution in [0.4, 0.5) is 0 Å². The number of aromatic nitrogens is 3. The molecule has 0 aliphatic heterocycles. The number of para-hydroxylation sites is 2. The number of amides is 1. The van der Waals surface area contributed by atoms with Crippen molar-refractivity contribution in [2.24, 2.45) is 7.05 Å². The van der Waals surface area contributed by atoms with E-state index in [1.165, 1.54) is 0 Å². The van der Waals surface area contributed by atoms with Crippen LogP contribution in [0.3, 0.4) is 0 Å². The van der Waals surface area contributed by atoms with Gasteiger partial charge in [-0.3, -0.25) is 13.9 Å². The van der Waals surface area contributed by atoms with Crippen molar-refractivity contribution in [2.75, 3.05) is 0 Å². The topological polar surface area (TPSA) is 68.9 Å². The molecule has 1 amide bonds. The molecule has 3 heterocycles. The summed E-state index contributed by atoms with van der Waals surface area (Å²) in [6.07, 6.45) is 0.261. The summed E-state index contributed by atoms with van der Waals surface area (Å²) in [4.78, 5) is 31.4. The van der Waals surface area contributed by atoms with Crippen LogP contribution in [0.2, 0.25) is 0 Å². The van der Waals surface area contributed by atoms with Gasteiger partial charge in [0.15, 0.2) is 0 Å². The van der Waals surface area contributed by atoms with E-state index < -0.39 is 0 Å². The number of hydrogen-bond acceptors (Lipinski definition) is 5. The maximum Gasteiger partial charge on any atom is 0.328 e. The zero-order valence-electron chi connectivity index (χ0n) is 15.6. The summed E-state index contributed by atoms with van der Waals surface area (Å²) in [5.41, 5.74) is 2.61. The summed E-state index contributed by atoms with van der Waals surface area (Å²) in [5.74, 6) is -0.0701. The van der Waals surface area contributed by atoms with Gasteiger partial charge in [0.05, 0.1) is 33.2 Å². The average molecular weight is 413 g/mol. The number of thiophene rings is 1. The molecule has 0 fully saturated rings. The monoisotopic (exact) mass is 412 g/mol. The third-order valence-electron chi connectivity index (χ3n) is 4.61. The SMILES string of the molecule is Cc1nc(-c2ccc(CNC(=O)CCn3c(=O)n(C)c4ccccc43)s2)cs1. The summed E-state index contributed by atoms with van der Waals surface area (Å²) >= 11 is 3.27. The van der Waals surface area contributed by atoms with Gasteiger partial charge < -0.3 is 5.32 Å². The van der Waals surface area contributed by atoms with Crippen molar-refractivity contribution in [1.29, 1.82) is 0 Å². The third kappa shape index (κ3) is 3.65. The molecule has 3 aromatic heterocycles. The van der Waals surface area contributed by atoms with Gasteiger partial charge in [-0.2, -0.15) is 0 Å². The van der Waals surface area contributed by atoms with Gasteiger partial charge in [0.1, 0.15) is 0 Å². The van der Waals surface area contributed by atoms with E-state index in [4.69, 9.17) is 0 Å². The fourth-order valence-electron chi connectivity index (χ4n) is 3.15. The molecule has 8 heteroatoms. The van der Waals surface area contributed by atoms with Gasteiger partial charge in [-0.05, 0) is 31.2 Å². The number of nitrogens with one attached hydrogen (secondary N) is 1. The Labute approximate surface area is 170 Å². The van der Waals surface area contributed by atoms with E-state index in [2.05, 4.69) is 10.3 Å². The minimum absolute atomic E-state index is 0.0701. The standard InChI is InChI=1S/C20H20N4O2S2/c1-13-22-15(12-27-13)18-8-7-14(28-18)11-21-19(25)9-10-24-17-6-4-3-5-16(17)23(2)20(24)26/h3-8,12H,9-11H2,1-2H3,(H,21,25). The maximum absolute atomic E-state index is 12.4. The lowest BCUT2D eigenvalue weighted by Gasteiger charge is -2.05. The van der Waals surface area contributed by atoms with Gasteiger partial charge in [0.25, 0.3) is 0 Å². The van der Waals surface area contributed by atoms with Gasteiger partial charge in [-0.15, -0.1) is 22.7 Å². The van der Waals surface area contributed by atoms with E-state index in [0.717, 1.165) is 31.5 Å². The van der Waals surface area contributed by atoms with Crippen molar-refractivity contribution in [1.82, 2.24) is 19.4 Å². The van der Waals surface area contributed by atoms with Gasteiger partial charge in [-0.1, -0.05) is 12.1 Å². The fourth-order valence-corrected chi connectivity index (χ4v) is 4.75. The Kier molecular flexibility index (Phi) is 5.15. The summed E-state index contributed by atoms with van der Waals surface area (Å²) in [6, 6.07) is 11.7. The molecule has 1 N–H and O–H groups in total. The number of hydrogen-bond donors (Lipinski definition) is 1. The molecule has 4 aromatic rings. The number of rotatable bonds is 6. The average Bonchev–Trinajstić information content (AvgIpc) is 3.39. The smallest absolute Gasteiger partial charge is 0.328 e. The van der Waals surface area contributed by atoms with Crippen molar-refractivity contribution >= 4 is 39.6 Å². The van der Waals surface area contributed by atoms with Gasteiger partial charge in [0, 0.05) is 30.3 Å². The Balaban J connectivity index is 1.36. The molecular weight excluding hydrogens is 392 g/mol. The molecule has 0 radical (unpaired) electrons. The highest BCUT2D eigenvalue weighted by atomic mass is 32.1. The predicted octanol–water partition coefficient (Wildman–Crippen LogP) is 3.54. The molecule has 0 saturated heterocycles. The molecule has 0 saturated carbocycles. The van der Waals surface area contributed by atoms with Crippen molar-refractivity contribution in [3.8, 4) is 10.6 Å². The van der Waals surface area contributed by atoms with Gasteiger partial charge in [-0.25, -0.2) is 9.78 Å². The van der Waals surface area contributed by atoms with Crippen LogP contribution in [0.15, 0.2) is 46.6 Å². The van der Waals surface area contributed by atoms with E-state index in [1.807, 2.05) is 48.7 Å². The molecule has 144 valence electrons. The summed E-state index contributed by atoms with van der Waals surface area (Å²) in [5, 5.41) is 6.04. The van der Waals surface area contributed by atoms with E-state index in [0.29, 0.717) is 13.1 Å². The second kappa shape index (κ2) is 7.73. The van der Waals surface area contributed by atoms with Crippen LogP contribution in [-0.4, -0.2) is 20.0 Å².